The van der Waals surface area contributed by atoms with Gasteiger partial charge in [-0.25, -0.2) is 0 Å². The largest absolute Gasteiger partial charge is 0.497 e. The molecular weight excluding hydrogens is 166 g/mol. The third-order valence-electron chi connectivity index (χ3n) is 1.97. The van der Waals surface area contributed by atoms with Crippen LogP contribution in [0.3, 0.4) is 0 Å². The van der Waals surface area contributed by atoms with Crippen LogP contribution in [0, 0.1) is 0 Å². The monoisotopic (exact) mass is 185 g/mol. The van der Waals surface area contributed by atoms with Gasteiger partial charge in [-0.3, -0.25) is 0 Å². The van der Waals surface area contributed by atoms with Crippen molar-refractivity contribution in [2.24, 2.45) is 5.73 Å². The van der Waals surface area contributed by atoms with Crippen LogP contribution in [0.4, 0.5) is 0 Å². The average molecular weight is 185 g/mol. The van der Waals surface area contributed by atoms with Gasteiger partial charge in [-0.2, -0.15) is 0 Å². The fourth-order valence-electron chi connectivity index (χ4n) is 1.27. The van der Waals surface area contributed by atoms with Crippen LogP contribution in [0.2, 0.25) is 0 Å². The van der Waals surface area contributed by atoms with E-state index >= 15 is 0 Å². The predicted molar refractivity (Wildman–Crippen MR) is 52.4 cm³/mol. The van der Waals surface area contributed by atoms with Crippen molar-refractivity contribution in [3.05, 3.63) is 11.8 Å². The van der Waals surface area contributed by atoms with Gasteiger partial charge in [0.05, 0.1) is 19.3 Å². The molecule has 0 radical (unpaired) electrons. The lowest BCUT2D eigenvalue weighted by Gasteiger charge is -2.20. The molecule has 0 aromatic rings. The van der Waals surface area contributed by atoms with Gasteiger partial charge in [-0.1, -0.05) is 6.92 Å². The second-order valence-corrected chi connectivity index (χ2v) is 3.28. The van der Waals surface area contributed by atoms with E-state index in [9.17, 15) is 0 Å². The fourth-order valence-corrected chi connectivity index (χ4v) is 1.27. The zero-order valence-electron chi connectivity index (χ0n) is 8.29. The maximum absolute atomic E-state index is 5.87. The molecule has 2 N–H and O–H groups in total. The van der Waals surface area contributed by atoms with Gasteiger partial charge in [0.25, 0.3) is 0 Å². The molecule has 0 aromatic heterocycles. The topological polar surface area (TPSA) is 44.5 Å². The van der Waals surface area contributed by atoms with E-state index in [0.717, 1.165) is 38.2 Å². The zero-order valence-corrected chi connectivity index (χ0v) is 8.29. The highest BCUT2D eigenvalue weighted by molar-refractivity contribution is 5.04. The highest BCUT2D eigenvalue weighted by Crippen LogP contribution is 2.12. The molecule has 0 saturated heterocycles. The molecule has 1 aliphatic heterocycles. The molecule has 0 aromatic carbocycles. The lowest BCUT2D eigenvalue weighted by atomic mass is 10.2. The summed E-state index contributed by atoms with van der Waals surface area (Å²) in [4.78, 5) is 0. The van der Waals surface area contributed by atoms with Gasteiger partial charge in [0.15, 0.2) is 0 Å². The number of allylic oxidation sites excluding steroid dienone is 1. The molecule has 76 valence electrons. The standard InChI is InChI=1S/C10H19NO2/c1-2-6-12-8-9(11)10-5-3-4-7-13-10/h5,9H,2-4,6-8,11H2,1H3. The fraction of sp³-hybridized carbons (Fsp3) is 0.800. The van der Waals surface area contributed by atoms with Crippen LogP contribution in [-0.4, -0.2) is 25.9 Å². The summed E-state index contributed by atoms with van der Waals surface area (Å²) in [5.74, 6) is 0.905. The minimum absolute atomic E-state index is 0.0770. The van der Waals surface area contributed by atoms with E-state index in [1.165, 1.54) is 0 Å². The Hall–Kier alpha value is -0.540. The van der Waals surface area contributed by atoms with E-state index in [1.54, 1.807) is 0 Å². The molecular formula is C10H19NO2. The summed E-state index contributed by atoms with van der Waals surface area (Å²) in [6.07, 6.45) is 5.29. The summed E-state index contributed by atoms with van der Waals surface area (Å²) in [7, 11) is 0. The molecule has 0 aliphatic carbocycles. The van der Waals surface area contributed by atoms with Crippen LogP contribution < -0.4 is 5.73 Å². The molecule has 3 nitrogen and oxygen atoms in total. The molecule has 1 unspecified atom stereocenters. The molecule has 13 heavy (non-hydrogen) atoms. The first-order valence-corrected chi connectivity index (χ1v) is 5.00. The molecule has 0 spiro atoms. The first-order chi connectivity index (χ1) is 6.34. The Morgan fingerprint density at radius 1 is 1.69 bits per heavy atom. The molecule has 0 bridgehead atoms. The third kappa shape index (κ3) is 3.79. The molecule has 1 atom stereocenters. The van der Waals surface area contributed by atoms with E-state index < -0.39 is 0 Å². The Morgan fingerprint density at radius 3 is 3.15 bits per heavy atom. The second kappa shape index (κ2) is 6.00. The molecule has 1 heterocycles. The second-order valence-electron chi connectivity index (χ2n) is 3.28. The van der Waals surface area contributed by atoms with Crippen molar-refractivity contribution in [3.63, 3.8) is 0 Å². The number of nitrogens with two attached hydrogens (primary N) is 1. The summed E-state index contributed by atoms with van der Waals surface area (Å²) < 4.78 is 10.8. The molecule has 0 fully saturated rings. The number of ether oxygens (including phenoxy) is 2. The number of hydrogen-bond donors (Lipinski definition) is 1. The SMILES string of the molecule is CCCOCC(N)C1=CCCCO1. The van der Waals surface area contributed by atoms with E-state index in [0.29, 0.717) is 6.61 Å². The highest BCUT2D eigenvalue weighted by Gasteiger charge is 2.13. The summed E-state index contributed by atoms with van der Waals surface area (Å²) >= 11 is 0. The van der Waals surface area contributed by atoms with Crippen LogP contribution in [0.5, 0.6) is 0 Å². The Balaban J connectivity index is 2.21. The van der Waals surface area contributed by atoms with Crippen molar-refractivity contribution in [1.29, 1.82) is 0 Å². The van der Waals surface area contributed by atoms with Crippen molar-refractivity contribution in [3.8, 4) is 0 Å². The molecule has 3 heteroatoms. The van der Waals surface area contributed by atoms with Gasteiger partial charge >= 0.3 is 0 Å². The van der Waals surface area contributed by atoms with Gasteiger partial charge in [-0.15, -0.1) is 0 Å². The van der Waals surface area contributed by atoms with Crippen LogP contribution in [0.15, 0.2) is 11.8 Å². The summed E-state index contributed by atoms with van der Waals surface area (Å²) in [6.45, 7) is 4.23. The van der Waals surface area contributed by atoms with Crippen LogP contribution in [0.1, 0.15) is 26.2 Å². The summed E-state index contributed by atoms with van der Waals surface area (Å²) in [5, 5.41) is 0. The quantitative estimate of drug-likeness (QED) is 0.659. The maximum atomic E-state index is 5.87. The lowest BCUT2D eigenvalue weighted by Crippen LogP contribution is -2.31. The van der Waals surface area contributed by atoms with Crippen molar-refractivity contribution >= 4 is 0 Å². The Bertz CT molecular complexity index is 168. The molecule has 0 saturated carbocycles. The van der Waals surface area contributed by atoms with Crippen LogP contribution in [-0.2, 0) is 9.47 Å². The van der Waals surface area contributed by atoms with Gasteiger partial charge < -0.3 is 15.2 Å². The van der Waals surface area contributed by atoms with Crippen molar-refractivity contribution in [1.82, 2.24) is 0 Å². The number of hydrogen-bond acceptors (Lipinski definition) is 3. The third-order valence-corrected chi connectivity index (χ3v) is 1.97. The normalized spacial score (nSPS) is 19.1. The van der Waals surface area contributed by atoms with Gasteiger partial charge in [0, 0.05) is 6.61 Å². The highest BCUT2D eigenvalue weighted by atomic mass is 16.5. The van der Waals surface area contributed by atoms with E-state index in [4.69, 9.17) is 15.2 Å². The molecule has 0 amide bonds. The van der Waals surface area contributed by atoms with Crippen molar-refractivity contribution < 1.29 is 9.47 Å². The first-order valence-electron chi connectivity index (χ1n) is 5.00. The van der Waals surface area contributed by atoms with E-state index in [-0.39, 0.29) is 6.04 Å². The van der Waals surface area contributed by atoms with Gasteiger partial charge in [-0.05, 0) is 25.3 Å². The van der Waals surface area contributed by atoms with E-state index in [1.807, 2.05) is 0 Å². The zero-order chi connectivity index (χ0) is 9.52. The number of rotatable bonds is 5. The van der Waals surface area contributed by atoms with Crippen molar-refractivity contribution in [2.45, 2.75) is 32.2 Å². The lowest BCUT2D eigenvalue weighted by molar-refractivity contribution is 0.0990. The first kappa shape index (κ1) is 10.5. The Kier molecular flexibility index (Phi) is 4.86. The van der Waals surface area contributed by atoms with Crippen molar-refractivity contribution in [2.75, 3.05) is 19.8 Å². The maximum Gasteiger partial charge on any atom is 0.111 e. The molecule has 1 aliphatic rings. The van der Waals surface area contributed by atoms with Crippen LogP contribution >= 0.6 is 0 Å². The molecule has 1 rings (SSSR count). The van der Waals surface area contributed by atoms with Gasteiger partial charge in [0.2, 0.25) is 0 Å². The smallest absolute Gasteiger partial charge is 0.111 e. The minimum Gasteiger partial charge on any atom is -0.497 e. The van der Waals surface area contributed by atoms with E-state index in [2.05, 4.69) is 13.0 Å². The van der Waals surface area contributed by atoms with Gasteiger partial charge in [0.1, 0.15) is 5.76 Å². The summed E-state index contributed by atoms with van der Waals surface area (Å²) in [5.41, 5.74) is 5.87. The summed E-state index contributed by atoms with van der Waals surface area (Å²) in [6, 6.07) is -0.0770. The van der Waals surface area contributed by atoms with Crippen LogP contribution in [0.25, 0.3) is 0 Å². The Labute approximate surface area is 79.9 Å². The average Bonchev–Trinajstić information content (AvgIpc) is 2.19. The Morgan fingerprint density at radius 2 is 2.54 bits per heavy atom. The minimum atomic E-state index is -0.0770. The predicted octanol–water partition coefficient (Wildman–Crippen LogP) is 1.43.